The molecule has 2 aliphatic carbocycles. The van der Waals surface area contributed by atoms with Crippen LogP contribution in [0.3, 0.4) is 0 Å². The van der Waals surface area contributed by atoms with Gasteiger partial charge in [0, 0.05) is 47.5 Å². The molecule has 0 aromatic heterocycles. The van der Waals surface area contributed by atoms with Gasteiger partial charge < -0.3 is 37.9 Å². The maximum absolute atomic E-state index is 14.9. The molecule has 0 amide bonds. The average molecular weight is 705 g/mol. The minimum Gasteiger partial charge on any atom is -0.465 e. The van der Waals surface area contributed by atoms with Crippen LogP contribution in [0.15, 0.2) is 30.3 Å². The Morgan fingerprint density at radius 2 is 1.18 bits per heavy atom. The van der Waals surface area contributed by atoms with Crippen LogP contribution in [0.5, 0.6) is 0 Å². The smallest absolute Gasteiger partial charge is 0.338 e. The number of ketones is 1. The van der Waals surface area contributed by atoms with Crippen molar-refractivity contribution in [3.8, 4) is 0 Å². The summed E-state index contributed by atoms with van der Waals surface area (Å²) in [4.78, 5) is 104. The minimum atomic E-state index is -2.36. The number of esters is 7. The van der Waals surface area contributed by atoms with Crippen molar-refractivity contribution < 1.29 is 76.3 Å². The Kier molecular flexibility index (Phi) is 10.8. The van der Waals surface area contributed by atoms with E-state index in [4.69, 9.17) is 37.9 Å². The lowest BCUT2D eigenvalue weighted by Gasteiger charge is -2.63. The van der Waals surface area contributed by atoms with Crippen LogP contribution in [-0.2, 0) is 71.5 Å². The molecule has 1 aliphatic heterocycles. The van der Waals surface area contributed by atoms with Crippen LogP contribution in [0.1, 0.15) is 65.7 Å². The molecule has 50 heavy (non-hydrogen) atoms. The van der Waals surface area contributed by atoms with Crippen molar-refractivity contribution in [3.63, 3.8) is 0 Å². The molecule has 16 nitrogen and oxygen atoms in total. The largest absolute Gasteiger partial charge is 0.465 e. The first kappa shape index (κ1) is 38.0. The summed E-state index contributed by atoms with van der Waals surface area (Å²) >= 11 is 0. The molecule has 272 valence electrons. The number of carbonyl (C=O) groups excluding carboxylic acids is 8. The molecule has 1 saturated heterocycles. The second-order valence-electron chi connectivity index (χ2n) is 12.8. The number of ether oxygens (including phenoxy) is 8. The fourth-order valence-corrected chi connectivity index (χ4v) is 7.82. The lowest BCUT2D eigenvalue weighted by atomic mass is 9.46. The Hall–Kier alpha value is -4.86. The number of carbonyl (C=O) groups is 8. The molecule has 2 saturated carbocycles. The fraction of sp³-hybridized carbons (Fsp3) is 0.588. The van der Waals surface area contributed by atoms with Crippen molar-refractivity contribution in [2.24, 2.45) is 17.3 Å². The monoisotopic (exact) mass is 704 g/mol. The maximum atomic E-state index is 14.9. The Morgan fingerprint density at radius 3 is 1.70 bits per heavy atom. The number of Topliss-reactive ketones (excluding diaryl/α,β-unsaturated/α-hetero) is 1. The van der Waals surface area contributed by atoms with Crippen molar-refractivity contribution in [1.82, 2.24) is 0 Å². The molecule has 16 heteroatoms. The molecule has 3 aliphatic rings. The van der Waals surface area contributed by atoms with Gasteiger partial charge in [0.05, 0.1) is 11.5 Å². The third kappa shape index (κ3) is 6.55. The van der Waals surface area contributed by atoms with Gasteiger partial charge in [-0.1, -0.05) is 25.1 Å². The van der Waals surface area contributed by atoms with Crippen molar-refractivity contribution in [2.75, 3.05) is 13.2 Å². The Morgan fingerprint density at radius 1 is 0.660 bits per heavy atom. The molecule has 10 atom stereocenters. The molecule has 0 radical (unpaired) electrons. The van der Waals surface area contributed by atoms with Crippen LogP contribution in [-0.4, -0.2) is 103 Å². The van der Waals surface area contributed by atoms with Crippen LogP contribution in [0.4, 0.5) is 0 Å². The molecule has 1 aromatic rings. The van der Waals surface area contributed by atoms with Crippen LogP contribution in [0.2, 0.25) is 0 Å². The van der Waals surface area contributed by atoms with Crippen LogP contribution in [0.25, 0.3) is 0 Å². The third-order valence-corrected chi connectivity index (χ3v) is 9.33. The fourth-order valence-electron chi connectivity index (χ4n) is 7.82. The quantitative estimate of drug-likeness (QED) is 0.249. The molecule has 3 fully saturated rings. The van der Waals surface area contributed by atoms with E-state index in [-0.39, 0.29) is 5.56 Å². The Balaban J connectivity index is 2.10. The summed E-state index contributed by atoms with van der Waals surface area (Å²) in [6.07, 6.45) is -8.84. The van der Waals surface area contributed by atoms with E-state index < -0.39 is 120 Å². The van der Waals surface area contributed by atoms with Crippen molar-refractivity contribution in [2.45, 2.75) is 97.1 Å². The number of hydrogen-bond acceptors (Lipinski definition) is 16. The number of fused-ring (bicyclic) bond motifs is 1. The van der Waals surface area contributed by atoms with E-state index in [1.807, 2.05) is 0 Å². The van der Waals surface area contributed by atoms with E-state index in [1.54, 1.807) is 18.2 Å². The van der Waals surface area contributed by atoms with Gasteiger partial charge in [-0.2, -0.15) is 0 Å². The van der Waals surface area contributed by atoms with Crippen LogP contribution >= 0.6 is 0 Å². The van der Waals surface area contributed by atoms with Gasteiger partial charge in [0.2, 0.25) is 0 Å². The van der Waals surface area contributed by atoms with Gasteiger partial charge in [-0.05, 0) is 19.1 Å². The normalized spacial score (nSPS) is 33.9. The molecule has 4 rings (SSSR count). The third-order valence-electron chi connectivity index (χ3n) is 9.33. The van der Waals surface area contributed by atoms with Crippen molar-refractivity contribution in [1.29, 1.82) is 0 Å². The molecule has 1 heterocycles. The van der Waals surface area contributed by atoms with Crippen LogP contribution in [0, 0.1) is 17.3 Å². The number of hydrogen-bond donors (Lipinski definition) is 0. The number of benzene rings is 1. The Labute approximate surface area is 287 Å². The highest BCUT2D eigenvalue weighted by Crippen LogP contribution is 2.67. The highest BCUT2D eigenvalue weighted by molar-refractivity contribution is 5.93. The summed E-state index contributed by atoms with van der Waals surface area (Å²) in [6.45, 7) is 7.52. The summed E-state index contributed by atoms with van der Waals surface area (Å²) in [5, 5.41) is 0. The SMILES string of the molecule is CC(=O)OC[C@]12[C@H](OC(C)=O)C(=O)[C@@H]3[C@@H](OC(C)=O)[C@]1(O[C@@]3(C)COC(=O)c1ccccc1)[C@H](C)[C@@H](OC(C)=O)[C@H](OC(C)=O)[C@@H]2OC(C)=O. The summed E-state index contributed by atoms with van der Waals surface area (Å²) < 4.78 is 46.8. The van der Waals surface area contributed by atoms with E-state index in [1.165, 1.54) is 26.0 Å². The summed E-state index contributed by atoms with van der Waals surface area (Å²) in [5.74, 6) is -10.2. The predicted octanol–water partition coefficient (Wildman–Crippen LogP) is 1.43. The lowest BCUT2D eigenvalue weighted by molar-refractivity contribution is -0.336. The van der Waals surface area contributed by atoms with Gasteiger partial charge in [-0.3, -0.25) is 33.6 Å². The van der Waals surface area contributed by atoms with Gasteiger partial charge in [0.25, 0.3) is 0 Å². The molecule has 0 N–H and O–H groups in total. The molecule has 1 spiro atoms. The standard InChI is InChI=1S/C34H40O16/c1-16-26(45-18(3)36)27(46-19(4)37)30(49-22(7)40)33(15-43-17(2)35)29(48-21(6)39)25(41)24-28(47-20(5)38)34(16,33)50-32(24,8)14-44-31(42)23-12-10-9-11-13-23/h9-13,16,24,26-30H,14-15H2,1-8H3/t16-,24-,26-,27+,28-,29-,30+,32+,33-,34-/m1/s1. The zero-order valence-electron chi connectivity index (χ0n) is 28.9. The molecular weight excluding hydrogens is 664 g/mol. The first-order valence-corrected chi connectivity index (χ1v) is 15.8. The highest BCUT2D eigenvalue weighted by atomic mass is 16.7. The Bertz CT molecular complexity index is 1570. The summed E-state index contributed by atoms with van der Waals surface area (Å²) in [6, 6.07) is 7.90. The van der Waals surface area contributed by atoms with Gasteiger partial charge in [-0.15, -0.1) is 0 Å². The lowest BCUT2D eigenvalue weighted by Crippen LogP contribution is -2.83. The summed E-state index contributed by atoms with van der Waals surface area (Å²) in [5.41, 5.74) is -6.30. The zero-order valence-corrected chi connectivity index (χ0v) is 28.9. The summed E-state index contributed by atoms with van der Waals surface area (Å²) in [7, 11) is 0. The molecule has 1 aromatic carbocycles. The molecule has 0 unspecified atom stereocenters. The van der Waals surface area contributed by atoms with Crippen molar-refractivity contribution in [3.05, 3.63) is 35.9 Å². The van der Waals surface area contributed by atoms with E-state index in [0.29, 0.717) is 0 Å². The topological polar surface area (TPSA) is 210 Å². The number of rotatable bonds is 10. The van der Waals surface area contributed by atoms with E-state index in [0.717, 1.165) is 41.5 Å². The predicted molar refractivity (Wildman–Crippen MR) is 163 cm³/mol. The van der Waals surface area contributed by atoms with Crippen LogP contribution < -0.4 is 0 Å². The minimum absolute atomic E-state index is 0.167. The molecule has 2 bridgehead atoms. The average Bonchev–Trinajstić information content (AvgIpc) is 3.23. The van der Waals surface area contributed by atoms with E-state index in [9.17, 15) is 38.4 Å². The maximum Gasteiger partial charge on any atom is 0.338 e. The highest BCUT2D eigenvalue weighted by Gasteiger charge is 2.87. The van der Waals surface area contributed by atoms with E-state index in [2.05, 4.69) is 0 Å². The first-order valence-electron chi connectivity index (χ1n) is 15.8. The van der Waals surface area contributed by atoms with Gasteiger partial charge in [0.1, 0.15) is 42.0 Å². The first-order chi connectivity index (χ1) is 23.3. The van der Waals surface area contributed by atoms with Gasteiger partial charge in [0.15, 0.2) is 24.1 Å². The van der Waals surface area contributed by atoms with Crippen molar-refractivity contribution >= 4 is 47.6 Å². The zero-order chi connectivity index (χ0) is 37.3. The molecular formula is C34H40O16. The van der Waals surface area contributed by atoms with E-state index >= 15 is 0 Å². The van der Waals surface area contributed by atoms with Gasteiger partial charge in [-0.25, -0.2) is 4.79 Å². The second kappa shape index (κ2) is 14.2. The van der Waals surface area contributed by atoms with Gasteiger partial charge >= 0.3 is 41.8 Å². The second-order valence-corrected chi connectivity index (χ2v) is 12.8.